The third kappa shape index (κ3) is 2.57. The van der Waals surface area contributed by atoms with Crippen LogP contribution in [0.3, 0.4) is 0 Å². The second-order valence-electron chi connectivity index (χ2n) is 4.30. The minimum Gasteiger partial charge on any atom is -0.398 e. The molecule has 2 rings (SSSR count). The largest absolute Gasteiger partial charge is 0.398 e. The first-order chi connectivity index (χ1) is 9.34. The van der Waals surface area contributed by atoms with Crippen LogP contribution in [0.15, 0.2) is 41.6 Å². The molecule has 0 spiro atoms. The maximum absolute atomic E-state index is 12.6. The highest BCUT2D eigenvalue weighted by Crippen LogP contribution is 2.29. The zero-order valence-corrected chi connectivity index (χ0v) is 12.6. The molecule has 0 aliphatic heterocycles. The van der Waals surface area contributed by atoms with Gasteiger partial charge in [0.15, 0.2) is 0 Å². The van der Waals surface area contributed by atoms with E-state index in [0.717, 1.165) is 4.31 Å². The lowest BCUT2D eigenvalue weighted by Gasteiger charge is -2.21. The van der Waals surface area contributed by atoms with Crippen molar-refractivity contribution in [2.45, 2.75) is 11.8 Å². The van der Waals surface area contributed by atoms with E-state index in [2.05, 4.69) is 4.98 Å². The number of nitrogens with two attached hydrogens (primary N) is 1. The van der Waals surface area contributed by atoms with Crippen molar-refractivity contribution in [3.63, 3.8) is 0 Å². The lowest BCUT2D eigenvalue weighted by Crippen LogP contribution is -2.27. The number of anilines is 2. The second kappa shape index (κ2) is 5.30. The molecule has 0 aliphatic rings. The smallest absolute Gasteiger partial charge is 0.264 e. The summed E-state index contributed by atoms with van der Waals surface area (Å²) in [4.78, 5) is 4.01. The van der Waals surface area contributed by atoms with Gasteiger partial charge in [-0.25, -0.2) is 8.42 Å². The Morgan fingerprint density at radius 2 is 2.05 bits per heavy atom. The molecule has 0 fully saturated rings. The Labute approximate surface area is 123 Å². The Morgan fingerprint density at radius 3 is 2.65 bits per heavy atom. The fraction of sp³-hybridized carbons (Fsp3) is 0.154. The molecule has 5 nitrogen and oxygen atoms in total. The van der Waals surface area contributed by atoms with E-state index in [1.807, 2.05) is 0 Å². The highest BCUT2D eigenvalue weighted by Gasteiger charge is 2.24. The standard InChI is InChI=1S/C13H14ClN3O2S/c1-9-12(15)6-10(14)7-13(9)20(18,19)17(2)11-4-3-5-16-8-11/h3-8H,15H2,1-2H3. The van der Waals surface area contributed by atoms with Crippen molar-refractivity contribution >= 4 is 33.0 Å². The third-order valence-electron chi connectivity index (χ3n) is 3.01. The summed E-state index contributed by atoms with van der Waals surface area (Å²) in [6, 6.07) is 6.25. The molecule has 2 aromatic rings. The molecule has 0 saturated carbocycles. The summed E-state index contributed by atoms with van der Waals surface area (Å²) >= 11 is 5.90. The van der Waals surface area contributed by atoms with Gasteiger partial charge in [-0.15, -0.1) is 0 Å². The molecule has 7 heteroatoms. The number of aromatic nitrogens is 1. The van der Waals surface area contributed by atoms with Crippen LogP contribution in [0.4, 0.5) is 11.4 Å². The van der Waals surface area contributed by atoms with Crippen LogP contribution in [0.5, 0.6) is 0 Å². The Balaban J connectivity index is 2.57. The van der Waals surface area contributed by atoms with E-state index < -0.39 is 10.0 Å². The normalized spacial score (nSPS) is 11.3. The number of nitrogens with zero attached hydrogens (tertiary/aromatic N) is 2. The highest BCUT2D eigenvalue weighted by atomic mass is 35.5. The van der Waals surface area contributed by atoms with Gasteiger partial charge in [-0.2, -0.15) is 0 Å². The first kappa shape index (κ1) is 14.6. The van der Waals surface area contributed by atoms with Crippen LogP contribution in [0.2, 0.25) is 5.02 Å². The number of sulfonamides is 1. The van der Waals surface area contributed by atoms with Crippen molar-refractivity contribution in [3.05, 3.63) is 47.2 Å². The monoisotopic (exact) mass is 311 g/mol. The van der Waals surface area contributed by atoms with Crippen LogP contribution in [-0.4, -0.2) is 20.4 Å². The lowest BCUT2D eigenvalue weighted by molar-refractivity contribution is 0.594. The van der Waals surface area contributed by atoms with Crippen LogP contribution in [0.25, 0.3) is 0 Å². The molecule has 0 atom stereocenters. The summed E-state index contributed by atoms with van der Waals surface area (Å²) in [5.41, 5.74) is 7.06. The highest BCUT2D eigenvalue weighted by molar-refractivity contribution is 7.92. The Kier molecular flexibility index (Phi) is 3.87. The average Bonchev–Trinajstić information content (AvgIpc) is 2.42. The van der Waals surface area contributed by atoms with E-state index in [4.69, 9.17) is 17.3 Å². The summed E-state index contributed by atoms with van der Waals surface area (Å²) in [7, 11) is -2.28. The number of rotatable bonds is 3. The Morgan fingerprint density at radius 1 is 1.35 bits per heavy atom. The number of hydrogen-bond donors (Lipinski definition) is 1. The average molecular weight is 312 g/mol. The van der Waals surface area contributed by atoms with Gasteiger partial charge in [-0.3, -0.25) is 9.29 Å². The van der Waals surface area contributed by atoms with Crippen LogP contribution in [0, 0.1) is 6.92 Å². The zero-order valence-electron chi connectivity index (χ0n) is 11.0. The Hall–Kier alpha value is -1.79. The zero-order chi connectivity index (χ0) is 14.9. The molecule has 0 aliphatic carbocycles. The SMILES string of the molecule is Cc1c(N)cc(Cl)cc1S(=O)(=O)N(C)c1cccnc1. The number of benzene rings is 1. The molecule has 1 aromatic carbocycles. The predicted octanol–water partition coefficient (Wildman–Crippen LogP) is 2.45. The second-order valence-corrected chi connectivity index (χ2v) is 6.68. The van der Waals surface area contributed by atoms with Crippen molar-refractivity contribution in [1.29, 1.82) is 0 Å². The van der Waals surface area contributed by atoms with E-state index in [1.165, 1.54) is 25.4 Å². The van der Waals surface area contributed by atoms with E-state index >= 15 is 0 Å². The molecule has 0 saturated heterocycles. The van der Waals surface area contributed by atoms with Gasteiger partial charge in [0.05, 0.1) is 16.8 Å². The fourth-order valence-electron chi connectivity index (χ4n) is 1.77. The fourth-order valence-corrected chi connectivity index (χ4v) is 3.52. The number of hydrogen-bond acceptors (Lipinski definition) is 4. The third-order valence-corrected chi connectivity index (χ3v) is 5.14. The molecule has 0 bridgehead atoms. The predicted molar refractivity (Wildman–Crippen MR) is 80.4 cm³/mol. The van der Waals surface area contributed by atoms with Gasteiger partial charge < -0.3 is 5.73 Å². The molecule has 0 unspecified atom stereocenters. The summed E-state index contributed by atoms with van der Waals surface area (Å²) < 4.78 is 26.4. The molecule has 2 N–H and O–H groups in total. The van der Waals surface area contributed by atoms with E-state index in [0.29, 0.717) is 16.9 Å². The molecular formula is C13H14ClN3O2S. The van der Waals surface area contributed by atoms with Gasteiger partial charge in [0.1, 0.15) is 0 Å². The van der Waals surface area contributed by atoms with Gasteiger partial charge in [-0.1, -0.05) is 11.6 Å². The van der Waals surface area contributed by atoms with Gasteiger partial charge in [-0.05, 0) is 36.8 Å². The van der Waals surface area contributed by atoms with Crippen LogP contribution >= 0.6 is 11.6 Å². The van der Waals surface area contributed by atoms with Crippen LogP contribution in [0.1, 0.15) is 5.56 Å². The van der Waals surface area contributed by atoms with E-state index in [-0.39, 0.29) is 9.92 Å². The molecule has 0 amide bonds. The van der Waals surface area contributed by atoms with Gasteiger partial charge >= 0.3 is 0 Å². The maximum atomic E-state index is 12.6. The minimum absolute atomic E-state index is 0.0915. The summed E-state index contributed by atoms with van der Waals surface area (Å²) in [5, 5.41) is 0.284. The first-order valence-corrected chi connectivity index (χ1v) is 7.60. The van der Waals surface area contributed by atoms with E-state index in [9.17, 15) is 8.42 Å². The van der Waals surface area contributed by atoms with Gasteiger partial charge in [0.2, 0.25) is 0 Å². The lowest BCUT2D eigenvalue weighted by atomic mass is 10.2. The van der Waals surface area contributed by atoms with Crippen molar-refractivity contribution in [2.24, 2.45) is 0 Å². The van der Waals surface area contributed by atoms with Crippen LogP contribution < -0.4 is 10.0 Å². The molecule has 0 radical (unpaired) electrons. The molecule has 1 heterocycles. The Bertz CT molecular complexity index is 733. The minimum atomic E-state index is -3.74. The van der Waals surface area contributed by atoms with Crippen LogP contribution in [-0.2, 0) is 10.0 Å². The van der Waals surface area contributed by atoms with Crippen molar-refractivity contribution in [3.8, 4) is 0 Å². The number of halogens is 1. The molecule has 1 aromatic heterocycles. The first-order valence-electron chi connectivity index (χ1n) is 5.78. The van der Waals surface area contributed by atoms with Gasteiger partial charge in [0, 0.05) is 24.0 Å². The summed E-state index contributed by atoms with van der Waals surface area (Å²) in [6.07, 6.45) is 3.05. The van der Waals surface area contributed by atoms with Gasteiger partial charge in [0.25, 0.3) is 10.0 Å². The van der Waals surface area contributed by atoms with E-state index in [1.54, 1.807) is 25.3 Å². The molecule has 20 heavy (non-hydrogen) atoms. The molecular weight excluding hydrogens is 298 g/mol. The van der Waals surface area contributed by atoms with Crippen molar-refractivity contribution in [1.82, 2.24) is 4.98 Å². The topological polar surface area (TPSA) is 76.3 Å². The summed E-state index contributed by atoms with van der Waals surface area (Å²) in [6.45, 7) is 1.65. The number of nitrogen functional groups attached to an aromatic ring is 1. The maximum Gasteiger partial charge on any atom is 0.264 e. The molecule has 106 valence electrons. The van der Waals surface area contributed by atoms with Crippen molar-refractivity contribution < 1.29 is 8.42 Å². The number of pyridine rings is 1. The summed E-state index contributed by atoms with van der Waals surface area (Å²) in [5.74, 6) is 0. The van der Waals surface area contributed by atoms with Crippen molar-refractivity contribution in [2.75, 3.05) is 17.1 Å². The quantitative estimate of drug-likeness (QED) is 0.883.